The number of rotatable bonds is 6. The molecule has 1 atom stereocenters. The third-order valence-corrected chi connectivity index (χ3v) is 7.42. The second kappa shape index (κ2) is 8.62. The number of aromatic nitrogens is 2. The van der Waals surface area contributed by atoms with E-state index < -0.39 is 5.25 Å². The molecule has 1 aliphatic carbocycles. The van der Waals surface area contributed by atoms with Gasteiger partial charge >= 0.3 is 0 Å². The second-order valence-electron chi connectivity index (χ2n) is 7.33. The normalized spacial score (nSPS) is 13.8. The smallest absolute Gasteiger partial charge is 0.263 e. The van der Waals surface area contributed by atoms with E-state index in [1.807, 2.05) is 6.92 Å². The Balaban J connectivity index is 1.62. The molecule has 0 saturated carbocycles. The Bertz CT molecular complexity index is 1220. The Hall–Kier alpha value is -2.63. The van der Waals surface area contributed by atoms with Gasteiger partial charge in [-0.3, -0.25) is 14.2 Å². The van der Waals surface area contributed by atoms with Crippen molar-refractivity contribution in [3.63, 3.8) is 0 Å². The van der Waals surface area contributed by atoms with Gasteiger partial charge in [-0.1, -0.05) is 24.8 Å². The van der Waals surface area contributed by atoms with E-state index >= 15 is 0 Å². The predicted molar refractivity (Wildman–Crippen MR) is 121 cm³/mol. The highest BCUT2D eigenvalue weighted by Gasteiger charge is 2.25. The van der Waals surface area contributed by atoms with Crippen molar-refractivity contribution >= 4 is 44.9 Å². The van der Waals surface area contributed by atoms with Gasteiger partial charge < -0.3 is 5.32 Å². The Morgan fingerprint density at radius 1 is 1.43 bits per heavy atom. The number of carbonyl (C=O) groups excluding carboxylic acids is 1. The van der Waals surface area contributed by atoms with Crippen molar-refractivity contribution in [2.75, 3.05) is 5.32 Å². The highest BCUT2D eigenvalue weighted by molar-refractivity contribution is 8.00. The molecule has 1 amide bonds. The summed E-state index contributed by atoms with van der Waals surface area (Å²) >= 11 is 2.91. The summed E-state index contributed by atoms with van der Waals surface area (Å²) in [6.45, 7) is 4.41. The van der Waals surface area contributed by atoms with E-state index in [1.54, 1.807) is 47.1 Å². The van der Waals surface area contributed by atoms with Gasteiger partial charge in [0.25, 0.3) is 5.56 Å². The lowest BCUT2D eigenvalue weighted by atomic mass is 10.2. The Morgan fingerprint density at radius 2 is 2.27 bits per heavy atom. The SMILES string of the molecule is CCCn1c(SC(C)C(=O)Nc2cccc(C#N)c2)nc2sc3c(c2c1=O)CCC3. The van der Waals surface area contributed by atoms with Crippen LogP contribution in [0, 0.1) is 11.3 Å². The summed E-state index contributed by atoms with van der Waals surface area (Å²) in [7, 11) is 0. The summed E-state index contributed by atoms with van der Waals surface area (Å²) in [5.74, 6) is -0.193. The first kappa shape index (κ1) is 20.6. The van der Waals surface area contributed by atoms with Crippen molar-refractivity contribution in [1.29, 1.82) is 5.26 Å². The van der Waals surface area contributed by atoms with Crippen molar-refractivity contribution in [1.82, 2.24) is 9.55 Å². The van der Waals surface area contributed by atoms with Crippen LogP contribution in [0.5, 0.6) is 0 Å². The minimum atomic E-state index is -0.449. The van der Waals surface area contributed by atoms with Crippen LogP contribution in [-0.4, -0.2) is 20.7 Å². The van der Waals surface area contributed by atoms with E-state index in [0.29, 0.717) is 23.0 Å². The number of hydrogen-bond acceptors (Lipinski definition) is 6. The number of thioether (sulfide) groups is 1. The van der Waals surface area contributed by atoms with Gasteiger partial charge in [0, 0.05) is 17.1 Å². The third kappa shape index (κ3) is 3.87. The quantitative estimate of drug-likeness (QED) is 0.457. The fraction of sp³-hybridized carbons (Fsp3) is 0.364. The fourth-order valence-corrected chi connectivity index (χ4v) is 5.93. The number of aryl methyl sites for hydroxylation is 2. The maximum atomic E-state index is 13.3. The van der Waals surface area contributed by atoms with Crippen LogP contribution < -0.4 is 10.9 Å². The average molecular weight is 439 g/mol. The number of amides is 1. The van der Waals surface area contributed by atoms with Gasteiger partial charge in [0.15, 0.2) is 5.16 Å². The van der Waals surface area contributed by atoms with E-state index in [-0.39, 0.29) is 11.5 Å². The molecule has 1 aromatic carbocycles. The molecule has 1 unspecified atom stereocenters. The number of carbonyl (C=O) groups is 1. The van der Waals surface area contributed by atoms with Crippen molar-refractivity contribution in [3.8, 4) is 6.07 Å². The lowest BCUT2D eigenvalue weighted by Gasteiger charge is -2.15. The first-order valence-corrected chi connectivity index (χ1v) is 11.7. The second-order valence-corrected chi connectivity index (χ2v) is 9.72. The van der Waals surface area contributed by atoms with E-state index in [4.69, 9.17) is 10.2 Å². The predicted octanol–water partition coefficient (Wildman–Crippen LogP) is 4.35. The molecule has 30 heavy (non-hydrogen) atoms. The number of thiophene rings is 1. The fourth-order valence-electron chi connectivity index (χ4n) is 3.69. The van der Waals surface area contributed by atoms with Crippen molar-refractivity contribution < 1.29 is 4.79 Å². The molecular formula is C22H22N4O2S2. The molecule has 0 saturated heterocycles. The molecule has 4 rings (SSSR count). The molecule has 6 nitrogen and oxygen atoms in total. The standard InChI is InChI=1S/C22H22N4O2S2/c1-3-10-26-21(28)18-16-8-5-9-17(16)30-20(18)25-22(26)29-13(2)19(27)24-15-7-4-6-14(11-15)12-23/h4,6-7,11,13H,3,5,8-10H2,1-2H3,(H,24,27). The zero-order chi connectivity index (χ0) is 21.3. The number of nitriles is 1. The molecule has 3 aromatic rings. The number of hydrogen-bond donors (Lipinski definition) is 1. The lowest BCUT2D eigenvalue weighted by molar-refractivity contribution is -0.115. The number of fused-ring (bicyclic) bond motifs is 3. The summed E-state index contributed by atoms with van der Waals surface area (Å²) in [6.07, 6.45) is 3.89. The molecule has 2 aromatic heterocycles. The van der Waals surface area contributed by atoms with Gasteiger partial charge in [-0.2, -0.15) is 5.26 Å². The van der Waals surface area contributed by atoms with Gasteiger partial charge in [-0.05, 0) is 56.4 Å². The van der Waals surface area contributed by atoms with E-state index in [9.17, 15) is 9.59 Å². The van der Waals surface area contributed by atoms with Crippen LogP contribution in [0.4, 0.5) is 5.69 Å². The van der Waals surface area contributed by atoms with Crippen LogP contribution in [0.2, 0.25) is 0 Å². The highest BCUT2D eigenvalue weighted by Crippen LogP contribution is 2.36. The van der Waals surface area contributed by atoms with Crippen molar-refractivity contribution in [2.24, 2.45) is 0 Å². The molecule has 0 spiro atoms. The molecule has 0 aliphatic heterocycles. The summed E-state index contributed by atoms with van der Waals surface area (Å²) in [5.41, 5.74) is 2.26. The summed E-state index contributed by atoms with van der Waals surface area (Å²) in [4.78, 5) is 32.8. The number of benzene rings is 1. The number of nitrogens with zero attached hydrogens (tertiary/aromatic N) is 3. The topological polar surface area (TPSA) is 87.8 Å². The minimum Gasteiger partial charge on any atom is -0.325 e. The molecule has 1 N–H and O–H groups in total. The van der Waals surface area contributed by atoms with Gasteiger partial charge in [0.2, 0.25) is 5.91 Å². The van der Waals surface area contributed by atoms with Crippen LogP contribution in [0.1, 0.15) is 42.7 Å². The Morgan fingerprint density at radius 3 is 3.03 bits per heavy atom. The molecule has 1 aliphatic rings. The average Bonchev–Trinajstić information content (AvgIpc) is 3.31. The minimum absolute atomic E-state index is 0.0121. The Labute approximate surface area is 182 Å². The molecular weight excluding hydrogens is 416 g/mol. The first-order chi connectivity index (χ1) is 14.5. The van der Waals surface area contributed by atoms with Crippen LogP contribution in [0.15, 0.2) is 34.2 Å². The van der Waals surface area contributed by atoms with Crippen molar-refractivity contribution in [3.05, 3.63) is 50.6 Å². The molecule has 0 radical (unpaired) electrons. The maximum Gasteiger partial charge on any atom is 0.263 e. The molecule has 2 heterocycles. The van der Waals surface area contributed by atoms with Gasteiger partial charge in [-0.15, -0.1) is 11.3 Å². The summed E-state index contributed by atoms with van der Waals surface area (Å²) in [5, 5.41) is 12.8. The molecule has 8 heteroatoms. The van der Waals surface area contributed by atoms with Crippen LogP contribution in [0.25, 0.3) is 10.2 Å². The largest absolute Gasteiger partial charge is 0.325 e. The lowest BCUT2D eigenvalue weighted by Crippen LogP contribution is -2.27. The highest BCUT2D eigenvalue weighted by atomic mass is 32.2. The molecule has 154 valence electrons. The zero-order valence-corrected chi connectivity index (χ0v) is 18.5. The number of nitrogens with one attached hydrogen (secondary N) is 1. The zero-order valence-electron chi connectivity index (χ0n) is 16.9. The van der Waals surface area contributed by atoms with E-state index in [1.165, 1.54) is 22.2 Å². The van der Waals surface area contributed by atoms with E-state index in [2.05, 4.69) is 11.4 Å². The third-order valence-electron chi connectivity index (χ3n) is 5.15. The van der Waals surface area contributed by atoms with Crippen LogP contribution in [0.3, 0.4) is 0 Å². The maximum absolute atomic E-state index is 13.3. The van der Waals surface area contributed by atoms with Crippen LogP contribution in [-0.2, 0) is 24.2 Å². The van der Waals surface area contributed by atoms with Gasteiger partial charge in [0.1, 0.15) is 4.83 Å². The monoisotopic (exact) mass is 438 g/mol. The summed E-state index contributed by atoms with van der Waals surface area (Å²) < 4.78 is 1.72. The molecule has 0 bridgehead atoms. The van der Waals surface area contributed by atoms with E-state index in [0.717, 1.165) is 35.9 Å². The van der Waals surface area contributed by atoms with Crippen molar-refractivity contribution in [2.45, 2.75) is 56.5 Å². The summed E-state index contributed by atoms with van der Waals surface area (Å²) in [6, 6.07) is 8.88. The Kier molecular flexibility index (Phi) is 5.93. The van der Waals surface area contributed by atoms with Gasteiger partial charge in [0.05, 0.1) is 22.3 Å². The first-order valence-electron chi connectivity index (χ1n) is 10.0. The number of anilines is 1. The van der Waals surface area contributed by atoms with Gasteiger partial charge in [-0.25, -0.2) is 4.98 Å². The van der Waals surface area contributed by atoms with Crippen LogP contribution >= 0.6 is 23.1 Å². The molecule has 0 fully saturated rings.